The van der Waals surface area contributed by atoms with E-state index in [0.29, 0.717) is 0 Å². The van der Waals surface area contributed by atoms with E-state index in [1.165, 1.54) is 15.7 Å². The number of anilines is 1. The lowest BCUT2D eigenvalue weighted by Gasteiger charge is -2.31. The summed E-state index contributed by atoms with van der Waals surface area (Å²) in [5.41, 5.74) is 2.89. The molecule has 0 bridgehead atoms. The van der Waals surface area contributed by atoms with Crippen LogP contribution in [0.25, 0.3) is 0 Å². The molecule has 88 valence electrons. The van der Waals surface area contributed by atoms with Crippen LogP contribution >= 0.6 is 15.9 Å². The lowest BCUT2D eigenvalue weighted by Crippen LogP contribution is -2.46. The Bertz CT molecular complexity index is 388. The molecule has 0 amide bonds. The molecule has 0 radical (unpaired) electrons. The van der Waals surface area contributed by atoms with E-state index in [2.05, 4.69) is 65.1 Å². The van der Waals surface area contributed by atoms with Gasteiger partial charge in [0.1, 0.15) is 0 Å². The molecule has 0 saturated heterocycles. The Balaban J connectivity index is 2.46. The predicted molar refractivity (Wildman–Crippen MR) is 72.9 cm³/mol. The second-order valence-corrected chi connectivity index (χ2v) is 5.85. The molecule has 0 aliphatic carbocycles. The van der Waals surface area contributed by atoms with Gasteiger partial charge in [0, 0.05) is 29.6 Å². The van der Waals surface area contributed by atoms with Gasteiger partial charge in [-0.3, -0.25) is 0 Å². The molecule has 1 aromatic rings. The third kappa shape index (κ3) is 2.25. The predicted octanol–water partition coefficient (Wildman–Crippen LogP) is 3.16. The number of hydrogen-bond donors (Lipinski definition) is 1. The summed E-state index contributed by atoms with van der Waals surface area (Å²) >= 11 is 3.67. The number of halogens is 1. The van der Waals surface area contributed by atoms with E-state index >= 15 is 0 Å². The van der Waals surface area contributed by atoms with Crippen LogP contribution < -0.4 is 10.2 Å². The van der Waals surface area contributed by atoms with Gasteiger partial charge in [0.2, 0.25) is 0 Å². The third-order valence-corrected chi connectivity index (χ3v) is 3.75. The van der Waals surface area contributed by atoms with Crippen LogP contribution in [0.1, 0.15) is 26.3 Å². The Morgan fingerprint density at radius 1 is 1.44 bits per heavy atom. The summed E-state index contributed by atoms with van der Waals surface area (Å²) in [7, 11) is 0. The lowest BCUT2D eigenvalue weighted by atomic mass is 10.1. The number of benzene rings is 1. The highest BCUT2D eigenvalue weighted by Gasteiger charge is 2.26. The maximum absolute atomic E-state index is 3.67. The molecule has 1 aromatic carbocycles. The molecule has 0 unspecified atom stereocenters. The monoisotopic (exact) mass is 282 g/mol. The standard InChI is InChI=1S/C13H19BrN2/c1-4-16-9-13(2,3)15-8-10-6-5-7-11(14)12(10)16/h5-7,15H,4,8-9H2,1-3H3. The van der Waals surface area contributed by atoms with Crippen molar-refractivity contribution in [3.05, 3.63) is 28.2 Å². The highest BCUT2D eigenvalue weighted by molar-refractivity contribution is 9.10. The smallest absolute Gasteiger partial charge is 0.0556 e. The normalized spacial score (nSPS) is 19.1. The zero-order valence-electron chi connectivity index (χ0n) is 10.2. The molecule has 0 atom stereocenters. The Morgan fingerprint density at radius 3 is 2.88 bits per heavy atom. The summed E-state index contributed by atoms with van der Waals surface area (Å²) in [6, 6.07) is 6.44. The number of hydrogen-bond acceptors (Lipinski definition) is 2. The minimum Gasteiger partial charge on any atom is -0.369 e. The van der Waals surface area contributed by atoms with E-state index in [1.807, 2.05) is 0 Å². The first kappa shape index (κ1) is 11.9. The van der Waals surface area contributed by atoms with Crippen molar-refractivity contribution in [1.82, 2.24) is 5.32 Å². The molecule has 0 spiro atoms. The zero-order chi connectivity index (χ0) is 11.8. The van der Waals surface area contributed by atoms with Crippen LogP contribution in [0.5, 0.6) is 0 Å². The van der Waals surface area contributed by atoms with Gasteiger partial charge in [-0.15, -0.1) is 0 Å². The molecule has 1 N–H and O–H groups in total. The van der Waals surface area contributed by atoms with Gasteiger partial charge in [0.25, 0.3) is 0 Å². The summed E-state index contributed by atoms with van der Waals surface area (Å²) in [5.74, 6) is 0. The second kappa shape index (κ2) is 4.38. The van der Waals surface area contributed by atoms with E-state index < -0.39 is 0 Å². The van der Waals surface area contributed by atoms with E-state index in [0.717, 1.165) is 19.6 Å². The molecule has 2 nitrogen and oxygen atoms in total. The largest absolute Gasteiger partial charge is 0.369 e. The first-order chi connectivity index (χ1) is 7.53. The van der Waals surface area contributed by atoms with Crippen molar-refractivity contribution in [1.29, 1.82) is 0 Å². The first-order valence-corrected chi connectivity index (χ1v) is 6.60. The van der Waals surface area contributed by atoms with Crippen LogP contribution in [0.2, 0.25) is 0 Å². The van der Waals surface area contributed by atoms with Crippen LogP contribution in [-0.2, 0) is 6.54 Å². The molecule has 0 fully saturated rings. The van der Waals surface area contributed by atoms with Gasteiger partial charge in [0.05, 0.1) is 5.69 Å². The Labute approximate surface area is 106 Å². The average molecular weight is 283 g/mol. The topological polar surface area (TPSA) is 15.3 Å². The van der Waals surface area contributed by atoms with Gasteiger partial charge in [-0.1, -0.05) is 12.1 Å². The van der Waals surface area contributed by atoms with E-state index in [9.17, 15) is 0 Å². The van der Waals surface area contributed by atoms with Crippen molar-refractivity contribution in [2.24, 2.45) is 0 Å². The first-order valence-electron chi connectivity index (χ1n) is 5.81. The molecule has 3 heteroatoms. The van der Waals surface area contributed by atoms with Crippen LogP contribution in [0.3, 0.4) is 0 Å². The summed E-state index contributed by atoms with van der Waals surface area (Å²) in [5, 5.41) is 3.61. The fourth-order valence-corrected chi connectivity index (χ4v) is 2.93. The highest BCUT2D eigenvalue weighted by Crippen LogP contribution is 2.33. The fourth-order valence-electron chi connectivity index (χ4n) is 2.27. The number of para-hydroxylation sites is 1. The minimum atomic E-state index is 0.161. The Hall–Kier alpha value is -0.540. The molecule has 1 aliphatic heterocycles. The van der Waals surface area contributed by atoms with Crippen molar-refractivity contribution in [2.45, 2.75) is 32.9 Å². The molecular formula is C13H19BrN2. The SMILES string of the molecule is CCN1CC(C)(C)NCc2cccc(Br)c21. The van der Waals surface area contributed by atoms with Crippen LogP contribution in [0.4, 0.5) is 5.69 Å². The van der Waals surface area contributed by atoms with Crippen LogP contribution in [0, 0.1) is 0 Å². The molecule has 16 heavy (non-hydrogen) atoms. The highest BCUT2D eigenvalue weighted by atomic mass is 79.9. The van der Waals surface area contributed by atoms with Gasteiger partial charge in [-0.05, 0) is 48.3 Å². The number of nitrogens with one attached hydrogen (secondary N) is 1. The van der Waals surface area contributed by atoms with Crippen molar-refractivity contribution in [2.75, 3.05) is 18.0 Å². The van der Waals surface area contributed by atoms with Crippen molar-refractivity contribution >= 4 is 21.6 Å². The number of nitrogens with zero attached hydrogens (tertiary/aromatic N) is 1. The van der Waals surface area contributed by atoms with Crippen LogP contribution in [0.15, 0.2) is 22.7 Å². The van der Waals surface area contributed by atoms with E-state index in [1.54, 1.807) is 0 Å². The van der Waals surface area contributed by atoms with Crippen molar-refractivity contribution in [3.63, 3.8) is 0 Å². The van der Waals surface area contributed by atoms with Gasteiger partial charge in [-0.2, -0.15) is 0 Å². The van der Waals surface area contributed by atoms with Crippen LogP contribution in [-0.4, -0.2) is 18.6 Å². The van der Waals surface area contributed by atoms with Gasteiger partial charge < -0.3 is 10.2 Å². The van der Waals surface area contributed by atoms with Crippen molar-refractivity contribution in [3.8, 4) is 0 Å². The third-order valence-electron chi connectivity index (χ3n) is 3.11. The van der Waals surface area contributed by atoms with Gasteiger partial charge >= 0.3 is 0 Å². The molecular weight excluding hydrogens is 264 g/mol. The zero-order valence-corrected chi connectivity index (χ0v) is 11.8. The molecule has 2 rings (SSSR count). The van der Waals surface area contributed by atoms with E-state index in [-0.39, 0.29) is 5.54 Å². The number of rotatable bonds is 1. The van der Waals surface area contributed by atoms with E-state index in [4.69, 9.17) is 0 Å². The molecule has 1 heterocycles. The Kier molecular flexibility index (Phi) is 3.27. The summed E-state index contributed by atoms with van der Waals surface area (Å²) in [6.07, 6.45) is 0. The number of fused-ring (bicyclic) bond motifs is 1. The Morgan fingerprint density at radius 2 is 2.19 bits per heavy atom. The van der Waals surface area contributed by atoms with Crippen molar-refractivity contribution < 1.29 is 0 Å². The maximum atomic E-state index is 3.67. The quantitative estimate of drug-likeness (QED) is 0.851. The minimum absolute atomic E-state index is 0.161. The summed E-state index contributed by atoms with van der Waals surface area (Å²) < 4.78 is 1.20. The fraction of sp³-hybridized carbons (Fsp3) is 0.538. The molecule has 0 saturated carbocycles. The number of likely N-dealkylation sites (N-methyl/N-ethyl adjacent to an activating group) is 1. The molecule has 1 aliphatic rings. The average Bonchev–Trinajstić information content (AvgIpc) is 2.36. The lowest BCUT2D eigenvalue weighted by molar-refractivity contribution is 0.397. The summed E-state index contributed by atoms with van der Waals surface area (Å²) in [6.45, 7) is 9.76. The molecule has 0 aromatic heterocycles. The second-order valence-electron chi connectivity index (χ2n) is 5.00. The van der Waals surface area contributed by atoms with Gasteiger partial charge in [0.15, 0.2) is 0 Å². The summed E-state index contributed by atoms with van der Waals surface area (Å²) in [4.78, 5) is 2.44. The maximum Gasteiger partial charge on any atom is 0.0556 e. The van der Waals surface area contributed by atoms with Gasteiger partial charge in [-0.25, -0.2) is 0 Å².